The zero-order valence-electron chi connectivity index (χ0n) is 12.4. The molecule has 1 amide bonds. The first kappa shape index (κ1) is 17.0. The highest BCUT2D eigenvalue weighted by Crippen LogP contribution is 2.15. The summed E-state index contributed by atoms with van der Waals surface area (Å²) in [5, 5.41) is 2.59. The molecule has 122 valence electrons. The molecule has 23 heavy (non-hydrogen) atoms. The number of benzene rings is 1. The molecule has 0 atom stereocenters. The quantitative estimate of drug-likeness (QED) is 0.827. The van der Waals surface area contributed by atoms with Crippen molar-refractivity contribution in [3.05, 3.63) is 59.7 Å². The third kappa shape index (κ3) is 4.83. The van der Waals surface area contributed by atoms with Gasteiger partial charge >= 0.3 is 0 Å². The number of carbonyl (C=O) groups excluding carboxylic acids is 1. The number of amides is 1. The van der Waals surface area contributed by atoms with E-state index in [2.05, 4.69) is 15.0 Å². The summed E-state index contributed by atoms with van der Waals surface area (Å²) in [5.74, 6) is -0.985. The molecule has 0 fully saturated rings. The number of halogens is 1. The van der Waals surface area contributed by atoms with Gasteiger partial charge in [-0.15, -0.1) is 0 Å². The van der Waals surface area contributed by atoms with E-state index >= 15 is 0 Å². The summed E-state index contributed by atoms with van der Waals surface area (Å²) in [4.78, 5) is 15.5. The molecular formula is C15H16FN3O3S. The Kier molecular flexibility index (Phi) is 5.41. The van der Waals surface area contributed by atoms with Crippen LogP contribution in [0.4, 0.5) is 4.39 Å². The van der Waals surface area contributed by atoms with E-state index in [1.807, 2.05) is 0 Å². The number of carbonyl (C=O) groups is 1. The van der Waals surface area contributed by atoms with Crippen LogP contribution in [0.15, 0.2) is 47.6 Å². The summed E-state index contributed by atoms with van der Waals surface area (Å²) in [5.41, 5.74) is 1.13. The standard InChI is InChI=1S/C15H16FN3O3S/c1-11-8-13(16)2-3-14(11)23(21,22)19-10-15(20)18-9-12-4-6-17-7-5-12/h2-8,19H,9-10H2,1H3,(H,18,20). The summed E-state index contributed by atoms with van der Waals surface area (Å²) in [6.45, 7) is 1.37. The van der Waals surface area contributed by atoms with Gasteiger partial charge in [-0.3, -0.25) is 9.78 Å². The Morgan fingerprint density at radius 2 is 1.91 bits per heavy atom. The van der Waals surface area contributed by atoms with Crippen molar-refractivity contribution >= 4 is 15.9 Å². The maximum Gasteiger partial charge on any atom is 0.241 e. The highest BCUT2D eigenvalue weighted by atomic mass is 32.2. The molecule has 0 aliphatic carbocycles. The van der Waals surface area contributed by atoms with Crippen LogP contribution in [0.3, 0.4) is 0 Å². The maximum atomic E-state index is 13.0. The molecule has 1 aromatic heterocycles. The first-order valence-corrected chi connectivity index (χ1v) is 8.28. The minimum atomic E-state index is -3.87. The third-order valence-corrected chi connectivity index (χ3v) is 4.65. The third-order valence-electron chi connectivity index (χ3n) is 3.09. The van der Waals surface area contributed by atoms with Crippen LogP contribution >= 0.6 is 0 Å². The zero-order valence-corrected chi connectivity index (χ0v) is 13.2. The molecule has 2 aromatic rings. The molecule has 0 aliphatic heterocycles. The average molecular weight is 337 g/mol. The van der Waals surface area contributed by atoms with E-state index in [4.69, 9.17) is 0 Å². The van der Waals surface area contributed by atoms with Crippen molar-refractivity contribution in [3.8, 4) is 0 Å². The van der Waals surface area contributed by atoms with Crippen LogP contribution < -0.4 is 10.0 Å². The van der Waals surface area contributed by atoms with E-state index in [0.29, 0.717) is 0 Å². The fourth-order valence-corrected chi connectivity index (χ4v) is 3.12. The van der Waals surface area contributed by atoms with E-state index in [9.17, 15) is 17.6 Å². The Labute approximate surface area is 133 Å². The highest BCUT2D eigenvalue weighted by molar-refractivity contribution is 7.89. The summed E-state index contributed by atoms with van der Waals surface area (Å²) in [6.07, 6.45) is 3.20. The van der Waals surface area contributed by atoms with Gasteiger partial charge in [0.2, 0.25) is 15.9 Å². The SMILES string of the molecule is Cc1cc(F)ccc1S(=O)(=O)NCC(=O)NCc1ccncc1. The Balaban J connectivity index is 1.92. The van der Waals surface area contributed by atoms with Gasteiger partial charge in [0.25, 0.3) is 0 Å². The number of aromatic nitrogens is 1. The lowest BCUT2D eigenvalue weighted by atomic mass is 10.2. The first-order chi connectivity index (χ1) is 10.9. The molecule has 0 bridgehead atoms. The molecule has 0 spiro atoms. The van der Waals surface area contributed by atoms with Crippen LogP contribution in [0.25, 0.3) is 0 Å². The van der Waals surface area contributed by atoms with Gasteiger partial charge in [-0.2, -0.15) is 0 Å². The molecule has 1 heterocycles. The molecule has 0 radical (unpaired) electrons. The minimum Gasteiger partial charge on any atom is -0.351 e. The van der Waals surface area contributed by atoms with Gasteiger partial charge < -0.3 is 5.32 Å². The second kappa shape index (κ2) is 7.30. The van der Waals surface area contributed by atoms with Crippen molar-refractivity contribution < 1.29 is 17.6 Å². The summed E-state index contributed by atoms with van der Waals surface area (Å²) < 4.78 is 39.5. The van der Waals surface area contributed by atoms with Crippen molar-refractivity contribution in [1.29, 1.82) is 0 Å². The molecular weight excluding hydrogens is 321 g/mol. The number of nitrogens with one attached hydrogen (secondary N) is 2. The number of nitrogens with zero attached hydrogens (tertiary/aromatic N) is 1. The van der Waals surface area contributed by atoms with E-state index in [1.165, 1.54) is 13.0 Å². The van der Waals surface area contributed by atoms with E-state index < -0.39 is 28.3 Å². The Bertz CT molecular complexity index is 795. The topological polar surface area (TPSA) is 88.2 Å². The minimum absolute atomic E-state index is 0.0548. The lowest BCUT2D eigenvalue weighted by Gasteiger charge is -2.10. The van der Waals surface area contributed by atoms with Gasteiger partial charge in [-0.05, 0) is 48.4 Å². The number of aryl methyl sites for hydroxylation is 1. The lowest BCUT2D eigenvalue weighted by molar-refractivity contribution is -0.120. The monoisotopic (exact) mass is 337 g/mol. The fourth-order valence-electron chi connectivity index (χ4n) is 1.92. The molecule has 1 aromatic carbocycles. The van der Waals surface area contributed by atoms with E-state index in [0.717, 1.165) is 17.7 Å². The Morgan fingerprint density at radius 1 is 1.22 bits per heavy atom. The maximum absolute atomic E-state index is 13.0. The van der Waals surface area contributed by atoms with Crippen LogP contribution in [0.1, 0.15) is 11.1 Å². The first-order valence-electron chi connectivity index (χ1n) is 6.80. The van der Waals surface area contributed by atoms with Crippen LogP contribution in [0.5, 0.6) is 0 Å². The smallest absolute Gasteiger partial charge is 0.241 e. The van der Waals surface area contributed by atoms with Crippen molar-refractivity contribution in [2.45, 2.75) is 18.4 Å². The van der Waals surface area contributed by atoms with Gasteiger partial charge in [0.15, 0.2) is 0 Å². The molecule has 8 heteroatoms. The predicted molar refractivity (Wildman–Crippen MR) is 82.4 cm³/mol. The molecule has 0 aliphatic rings. The Hall–Kier alpha value is -2.32. The van der Waals surface area contributed by atoms with Gasteiger partial charge in [0.05, 0.1) is 11.4 Å². The van der Waals surface area contributed by atoms with E-state index in [-0.39, 0.29) is 17.0 Å². The summed E-state index contributed by atoms with van der Waals surface area (Å²) >= 11 is 0. The highest BCUT2D eigenvalue weighted by Gasteiger charge is 2.18. The Morgan fingerprint density at radius 3 is 2.57 bits per heavy atom. The van der Waals surface area contributed by atoms with Gasteiger partial charge in [0.1, 0.15) is 5.82 Å². The van der Waals surface area contributed by atoms with Gasteiger partial charge in [0, 0.05) is 18.9 Å². The largest absolute Gasteiger partial charge is 0.351 e. The summed E-state index contributed by atoms with van der Waals surface area (Å²) in [6, 6.07) is 6.84. The average Bonchev–Trinajstić information content (AvgIpc) is 2.51. The fraction of sp³-hybridized carbons (Fsp3) is 0.200. The van der Waals surface area contributed by atoms with Crippen molar-refractivity contribution in [2.75, 3.05) is 6.54 Å². The van der Waals surface area contributed by atoms with Gasteiger partial charge in [-0.1, -0.05) is 0 Å². The van der Waals surface area contributed by atoms with Crippen LogP contribution in [-0.2, 0) is 21.4 Å². The number of hydrogen-bond donors (Lipinski definition) is 2. The van der Waals surface area contributed by atoms with Crippen LogP contribution in [0, 0.1) is 12.7 Å². The van der Waals surface area contributed by atoms with Gasteiger partial charge in [-0.25, -0.2) is 17.5 Å². The van der Waals surface area contributed by atoms with Crippen LogP contribution in [0.2, 0.25) is 0 Å². The van der Waals surface area contributed by atoms with E-state index in [1.54, 1.807) is 24.5 Å². The summed E-state index contributed by atoms with van der Waals surface area (Å²) in [7, 11) is -3.87. The second-order valence-electron chi connectivity index (χ2n) is 4.87. The van der Waals surface area contributed by atoms with Crippen molar-refractivity contribution in [3.63, 3.8) is 0 Å². The molecule has 0 unspecified atom stereocenters. The number of pyridine rings is 1. The number of rotatable bonds is 6. The second-order valence-corrected chi connectivity index (χ2v) is 6.60. The molecule has 0 saturated heterocycles. The van der Waals surface area contributed by atoms with Crippen molar-refractivity contribution in [2.24, 2.45) is 0 Å². The molecule has 2 rings (SSSR count). The molecule has 2 N–H and O–H groups in total. The normalized spacial score (nSPS) is 11.2. The number of hydrogen-bond acceptors (Lipinski definition) is 4. The zero-order chi connectivity index (χ0) is 16.9. The lowest BCUT2D eigenvalue weighted by Crippen LogP contribution is -2.36. The predicted octanol–water partition coefficient (Wildman–Crippen LogP) is 1.12. The van der Waals surface area contributed by atoms with Crippen molar-refractivity contribution in [1.82, 2.24) is 15.0 Å². The molecule has 0 saturated carbocycles. The van der Waals surface area contributed by atoms with Crippen LogP contribution in [-0.4, -0.2) is 25.9 Å². The number of sulfonamides is 1. The molecule has 6 nitrogen and oxygen atoms in total.